The van der Waals surface area contributed by atoms with E-state index in [2.05, 4.69) is 15.3 Å². The van der Waals surface area contributed by atoms with E-state index >= 15 is 0 Å². The zero-order chi connectivity index (χ0) is 14.9. The van der Waals surface area contributed by atoms with E-state index in [1.807, 2.05) is 0 Å². The highest BCUT2D eigenvalue weighted by Crippen LogP contribution is 2.34. The summed E-state index contributed by atoms with van der Waals surface area (Å²) in [6, 6.07) is -0.465. The van der Waals surface area contributed by atoms with E-state index in [1.165, 1.54) is 14.0 Å². The van der Waals surface area contributed by atoms with Gasteiger partial charge in [0, 0.05) is 13.6 Å². The normalized spacial score (nSPS) is 18.1. The number of aryl methyl sites for hydroxylation is 1. The molecule has 1 aromatic heterocycles. The Balaban J connectivity index is 2.51. The van der Waals surface area contributed by atoms with Crippen LogP contribution in [-0.4, -0.2) is 40.4 Å². The van der Waals surface area contributed by atoms with Crippen LogP contribution in [0.4, 0.5) is 17.5 Å². The van der Waals surface area contributed by atoms with Gasteiger partial charge in [0.25, 0.3) is 0 Å². The minimum atomic E-state index is -0.538. The van der Waals surface area contributed by atoms with Crippen molar-refractivity contribution in [2.45, 2.75) is 25.8 Å². The Labute approximate surface area is 115 Å². The molecule has 2 rings (SSSR count). The van der Waals surface area contributed by atoms with Crippen LogP contribution in [0.2, 0.25) is 0 Å². The van der Waals surface area contributed by atoms with Gasteiger partial charge >= 0.3 is 5.69 Å². The number of nitrogens with two attached hydrogens (primary N) is 1. The molecule has 2 heterocycles. The van der Waals surface area contributed by atoms with Crippen LogP contribution in [0.15, 0.2) is 0 Å². The van der Waals surface area contributed by atoms with Crippen molar-refractivity contribution < 1.29 is 9.72 Å². The number of amides is 1. The van der Waals surface area contributed by atoms with Crippen molar-refractivity contribution in [2.75, 3.05) is 24.2 Å². The topological polar surface area (TPSA) is 127 Å². The van der Waals surface area contributed by atoms with Crippen LogP contribution in [0.1, 0.15) is 18.5 Å². The maximum absolute atomic E-state index is 11.9. The predicted octanol–water partition coefficient (Wildman–Crippen LogP) is -0.00978. The third-order valence-corrected chi connectivity index (χ3v) is 3.31. The first-order chi connectivity index (χ1) is 9.45. The summed E-state index contributed by atoms with van der Waals surface area (Å²) in [7, 11) is 1.53. The summed E-state index contributed by atoms with van der Waals surface area (Å²) in [5, 5.41) is 13.8. The van der Waals surface area contributed by atoms with E-state index in [0.29, 0.717) is 13.0 Å². The fraction of sp³-hybridized carbons (Fsp3) is 0.545. The number of likely N-dealkylation sites (N-methyl/N-ethyl adjacent to an activating group) is 1. The van der Waals surface area contributed by atoms with Gasteiger partial charge in [0.15, 0.2) is 0 Å². The second-order valence-electron chi connectivity index (χ2n) is 4.56. The molecule has 0 spiro atoms. The smallest absolute Gasteiger partial charge is 0.332 e. The number of anilines is 2. The molecule has 1 aliphatic rings. The molecule has 0 bridgehead atoms. The van der Waals surface area contributed by atoms with Gasteiger partial charge in [-0.05, 0) is 19.8 Å². The van der Waals surface area contributed by atoms with E-state index in [1.54, 1.807) is 4.90 Å². The minimum absolute atomic E-state index is 0.0364. The van der Waals surface area contributed by atoms with Crippen molar-refractivity contribution in [1.29, 1.82) is 0 Å². The largest absolute Gasteiger partial charge is 0.368 e. The fourth-order valence-corrected chi connectivity index (χ4v) is 2.45. The molecule has 1 saturated heterocycles. The van der Waals surface area contributed by atoms with Gasteiger partial charge in [-0.2, -0.15) is 4.98 Å². The van der Waals surface area contributed by atoms with Crippen molar-refractivity contribution in [2.24, 2.45) is 0 Å². The number of carbonyl (C=O) groups excluding carboxylic acids is 1. The lowest BCUT2D eigenvalue weighted by Crippen LogP contribution is -2.42. The molecule has 0 saturated carbocycles. The number of nitro groups is 1. The van der Waals surface area contributed by atoms with Crippen LogP contribution < -0.4 is 16.0 Å². The molecule has 0 radical (unpaired) electrons. The summed E-state index contributed by atoms with van der Waals surface area (Å²) in [5.74, 6) is -0.108. The van der Waals surface area contributed by atoms with Crippen LogP contribution in [0.5, 0.6) is 0 Å². The first-order valence-electron chi connectivity index (χ1n) is 6.22. The van der Waals surface area contributed by atoms with Gasteiger partial charge in [0.05, 0.1) is 4.92 Å². The molecule has 3 N–H and O–H groups in total. The lowest BCUT2D eigenvalue weighted by Gasteiger charge is -2.24. The molecule has 1 aromatic rings. The predicted molar refractivity (Wildman–Crippen MR) is 72.3 cm³/mol. The Hall–Kier alpha value is -2.45. The van der Waals surface area contributed by atoms with E-state index in [4.69, 9.17) is 5.73 Å². The summed E-state index contributed by atoms with van der Waals surface area (Å²) in [6.45, 7) is 2.03. The molecule has 0 aliphatic carbocycles. The summed E-state index contributed by atoms with van der Waals surface area (Å²) in [6.07, 6.45) is 1.39. The molecule has 1 amide bonds. The van der Waals surface area contributed by atoms with Crippen molar-refractivity contribution in [3.8, 4) is 0 Å². The summed E-state index contributed by atoms with van der Waals surface area (Å²) in [4.78, 5) is 31.9. The molecule has 9 nitrogen and oxygen atoms in total. The Bertz CT molecular complexity index is 561. The van der Waals surface area contributed by atoms with Gasteiger partial charge in [-0.3, -0.25) is 14.9 Å². The Kier molecular flexibility index (Phi) is 3.68. The minimum Gasteiger partial charge on any atom is -0.368 e. The quantitative estimate of drug-likeness (QED) is 0.588. The number of hydrogen-bond donors (Lipinski definition) is 2. The van der Waals surface area contributed by atoms with Crippen LogP contribution in [0.3, 0.4) is 0 Å². The van der Waals surface area contributed by atoms with Crippen molar-refractivity contribution >= 4 is 23.4 Å². The zero-order valence-corrected chi connectivity index (χ0v) is 11.3. The number of nitrogens with one attached hydrogen (secondary N) is 1. The Morgan fingerprint density at radius 1 is 1.55 bits per heavy atom. The number of nitrogen functional groups attached to an aromatic ring is 1. The molecular formula is C11H16N6O3. The first-order valence-corrected chi connectivity index (χ1v) is 6.22. The molecule has 108 valence electrons. The summed E-state index contributed by atoms with van der Waals surface area (Å²) < 4.78 is 0. The molecule has 1 atom stereocenters. The average Bonchev–Trinajstić information content (AvgIpc) is 2.85. The van der Waals surface area contributed by atoms with Gasteiger partial charge in [0.2, 0.25) is 17.7 Å². The standard InChI is InChI=1S/C11H16N6O3/c1-6-8(17(19)20)9(15-11(12)14-6)16-5-3-4-7(16)10(18)13-2/h7H,3-5H2,1-2H3,(H,13,18)(H2,12,14,15). The van der Waals surface area contributed by atoms with E-state index in [0.717, 1.165) is 6.42 Å². The zero-order valence-electron chi connectivity index (χ0n) is 11.3. The maximum atomic E-state index is 11.9. The van der Waals surface area contributed by atoms with Gasteiger partial charge in [-0.1, -0.05) is 0 Å². The molecular weight excluding hydrogens is 264 g/mol. The van der Waals surface area contributed by atoms with Crippen LogP contribution in [-0.2, 0) is 4.79 Å². The second-order valence-corrected chi connectivity index (χ2v) is 4.56. The van der Waals surface area contributed by atoms with E-state index in [-0.39, 0.29) is 29.1 Å². The fourth-order valence-electron chi connectivity index (χ4n) is 2.45. The monoisotopic (exact) mass is 280 g/mol. The highest BCUT2D eigenvalue weighted by atomic mass is 16.6. The second kappa shape index (κ2) is 5.27. The van der Waals surface area contributed by atoms with Gasteiger partial charge < -0.3 is 16.0 Å². The van der Waals surface area contributed by atoms with Gasteiger partial charge in [-0.25, -0.2) is 4.98 Å². The number of hydrogen-bond acceptors (Lipinski definition) is 7. The third-order valence-electron chi connectivity index (χ3n) is 3.31. The molecule has 1 aliphatic heterocycles. The number of rotatable bonds is 3. The van der Waals surface area contributed by atoms with Crippen LogP contribution >= 0.6 is 0 Å². The van der Waals surface area contributed by atoms with Crippen LogP contribution in [0.25, 0.3) is 0 Å². The molecule has 20 heavy (non-hydrogen) atoms. The molecule has 1 unspecified atom stereocenters. The first kappa shape index (κ1) is 14.0. The number of carbonyl (C=O) groups is 1. The highest BCUT2D eigenvalue weighted by Gasteiger charge is 2.36. The lowest BCUT2D eigenvalue weighted by atomic mass is 10.2. The van der Waals surface area contributed by atoms with E-state index in [9.17, 15) is 14.9 Å². The Morgan fingerprint density at radius 3 is 2.85 bits per heavy atom. The number of aromatic nitrogens is 2. The van der Waals surface area contributed by atoms with Crippen molar-refractivity contribution in [3.63, 3.8) is 0 Å². The average molecular weight is 280 g/mol. The molecule has 0 aromatic carbocycles. The van der Waals surface area contributed by atoms with Crippen LogP contribution in [0, 0.1) is 17.0 Å². The molecule has 9 heteroatoms. The van der Waals surface area contributed by atoms with E-state index < -0.39 is 11.0 Å². The van der Waals surface area contributed by atoms with Gasteiger partial charge in [0.1, 0.15) is 11.7 Å². The van der Waals surface area contributed by atoms with Crippen molar-refractivity contribution in [1.82, 2.24) is 15.3 Å². The van der Waals surface area contributed by atoms with Crippen molar-refractivity contribution in [3.05, 3.63) is 15.8 Å². The molecule has 1 fully saturated rings. The number of nitrogens with zero attached hydrogens (tertiary/aromatic N) is 4. The summed E-state index contributed by atoms with van der Waals surface area (Å²) in [5.41, 5.74) is 5.57. The lowest BCUT2D eigenvalue weighted by molar-refractivity contribution is -0.385. The summed E-state index contributed by atoms with van der Waals surface area (Å²) >= 11 is 0. The Morgan fingerprint density at radius 2 is 2.25 bits per heavy atom. The highest BCUT2D eigenvalue weighted by molar-refractivity contribution is 5.86. The third kappa shape index (κ3) is 2.33. The van der Waals surface area contributed by atoms with Gasteiger partial charge in [-0.15, -0.1) is 0 Å². The SMILES string of the molecule is CNC(=O)C1CCCN1c1nc(N)nc(C)c1[N+](=O)[O-]. The maximum Gasteiger partial charge on any atom is 0.332 e.